The second kappa shape index (κ2) is 12.0. The second-order valence-electron chi connectivity index (χ2n) is 9.75. The molecule has 9 nitrogen and oxygen atoms in total. The molecule has 0 saturated carbocycles. The number of benzene rings is 4. The molecule has 1 aliphatic heterocycles. The molecule has 1 amide bonds. The number of hydrogen-bond acceptors (Lipinski definition) is 6. The highest BCUT2D eigenvalue weighted by Gasteiger charge is 2.13. The smallest absolute Gasteiger partial charge is 0.360 e. The lowest BCUT2D eigenvalue weighted by molar-refractivity contribution is 0.0992. The van der Waals surface area contributed by atoms with E-state index in [0.717, 1.165) is 66.6 Å². The number of aromatic amines is 1. The Morgan fingerprint density at radius 1 is 0.951 bits per heavy atom. The van der Waals surface area contributed by atoms with Gasteiger partial charge in [-0.25, -0.2) is 4.98 Å². The predicted octanol–water partition coefficient (Wildman–Crippen LogP) is 6.11. The van der Waals surface area contributed by atoms with E-state index in [1.54, 1.807) is 19.2 Å². The summed E-state index contributed by atoms with van der Waals surface area (Å²) < 4.78 is 10.6. The zero-order valence-electron chi connectivity index (χ0n) is 22.7. The minimum Gasteiger partial charge on any atom is -0.497 e. The Labute approximate surface area is 237 Å². The standard InChI is InChI=1S/C32H28N6O3/c1-40-28-13-2-22(3-14-28)20-23-4-15-29-30(21-23)34-31(33-29)24-5-7-25(8-6-24)32(39)36-37-35-26-9-11-27(12-10-26)38-16-18-41-19-17-38/h2-15,21H,16-20H2,1H3/p+1. The van der Waals surface area contributed by atoms with Gasteiger partial charge in [0.05, 0.1) is 31.4 Å². The molecule has 9 heteroatoms. The van der Waals surface area contributed by atoms with E-state index in [-0.39, 0.29) is 0 Å². The van der Waals surface area contributed by atoms with Crippen molar-refractivity contribution >= 4 is 28.3 Å². The molecular weight excluding hydrogens is 516 g/mol. The Balaban J connectivity index is 1.10. The topological polar surface area (TPSA) is 106 Å². The molecule has 4 aromatic carbocycles. The summed E-state index contributed by atoms with van der Waals surface area (Å²) in [7, 11) is 1.67. The molecule has 1 saturated heterocycles. The van der Waals surface area contributed by atoms with E-state index < -0.39 is 5.91 Å². The van der Waals surface area contributed by atoms with Crippen molar-refractivity contribution in [1.82, 2.24) is 14.9 Å². The first kappa shape index (κ1) is 26.1. The molecule has 0 bridgehead atoms. The predicted molar refractivity (Wildman–Crippen MR) is 158 cm³/mol. The van der Waals surface area contributed by atoms with Crippen molar-refractivity contribution in [2.24, 2.45) is 10.2 Å². The molecule has 0 unspecified atom stereocenters. The van der Waals surface area contributed by atoms with E-state index in [9.17, 15) is 4.79 Å². The number of anilines is 1. The zero-order chi connectivity index (χ0) is 28.0. The average molecular weight is 546 g/mol. The number of imidazole rings is 1. The number of carbonyl (C=O) groups excluding carboxylic acids is 1. The fourth-order valence-corrected chi connectivity index (χ4v) is 4.78. The lowest BCUT2D eigenvalue weighted by Gasteiger charge is -2.28. The molecule has 1 aliphatic rings. The van der Waals surface area contributed by atoms with Crippen molar-refractivity contribution < 1.29 is 14.3 Å². The van der Waals surface area contributed by atoms with Crippen molar-refractivity contribution in [1.29, 1.82) is 0 Å². The Morgan fingerprint density at radius 3 is 2.41 bits per heavy atom. The van der Waals surface area contributed by atoms with Crippen LogP contribution >= 0.6 is 0 Å². The van der Waals surface area contributed by atoms with E-state index in [1.165, 1.54) is 11.1 Å². The minimum atomic E-state index is -0.460. The van der Waals surface area contributed by atoms with Crippen LogP contribution in [0.1, 0.15) is 21.5 Å². The molecule has 5 aromatic rings. The maximum absolute atomic E-state index is 12.5. The van der Waals surface area contributed by atoms with Gasteiger partial charge in [0.25, 0.3) is 0 Å². The maximum Gasteiger partial charge on any atom is 0.360 e. The molecule has 1 aromatic heterocycles. The summed E-state index contributed by atoms with van der Waals surface area (Å²) in [6.45, 7) is 3.20. The molecule has 41 heavy (non-hydrogen) atoms. The number of rotatable bonds is 7. The van der Waals surface area contributed by atoms with E-state index >= 15 is 0 Å². The molecule has 0 spiro atoms. The zero-order valence-corrected chi connectivity index (χ0v) is 22.7. The molecular formula is C32H29N6O3+. The van der Waals surface area contributed by atoms with Crippen LogP contribution < -0.4 is 14.5 Å². The molecule has 0 atom stereocenters. The number of carbonyl (C=O) groups is 1. The van der Waals surface area contributed by atoms with Gasteiger partial charge < -0.3 is 19.4 Å². The van der Waals surface area contributed by atoms with Gasteiger partial charge in [0.2, 0.25) is 10.0 Å². The lowest BCUT2D eigenvalue weighted by atomic mass is 10.0. The van der Waals surface area contributed by atoms with Crippen LogP contribution in [0.15, 0.2) is 101 Å². The summed E-state index contributed by atoms with van der Waals surface area (Å²) in [4.78, 5) is 26.7. The molecule has 1 fully saturated rings. The van der Waals surface area contributed by atoms with Crippen molar-refractivity contribution in [2.75, 3.05) is 38.3 Å². The van der Waals surface area contributed by atoms with Crippen molar-refractivity contribution in [3.63, 3.8) is 0 Å². The number of methoxy groups -OCH3 is 1. The van der Waals surface area contributed by atoms with Gasteiger partial charge >= 0.3 is 5.91 Å². The fourth-order valence-electron chi connectivity index (χ4n) is 4.78. The van der Waals surface area contributed by atoms with Crippen molar-refractivity contribution in [3.05, 3.63) is 108 Å². The molecule has 0 radical (unpaired) electrons. The average Bonchev–Trinajstić information content (AvgIpc) is 3.46. The number of H-pyrrole nitrogens is 1. The van der Waals surface area contributed by atoms with Gasteiger partial charge in [-0.15, -0.1) is 0 Å². The van der Waals surface area contributed by atoms with Crippen LogP contribution in [0.3, 0.4) is 0 Å². The van der Waals surface area contributed by atoms with E-state index in [4.69, 9.17) is 14.5 Å². The summed E-state index contributed by atoms with van der Waals surface area (Å²) >= 11 is 0. The summed E-state index contributed by atoms with van der Waals surface area (Å²) in [5, 5.41) is 7.82. The number of nitrogens with zero attached hydrogens (tertiary/aromatic N) is 5. The molecule has 0 aliphatic carbocycles. The largest absolute Gasteiger partial charge is 0.497 e. The minimum absolute atomic E-state index is 0.424. The van der Waals surface area contributed by atoms with Gasteiger partial charge in [-0.05, 0) is 78.2 Å². The maximum atomic E-state index is 12.5. The van der Waals surface area contributed by atoms with Crippen LogP contribution in [0, 0.1) is 0 Å². The monoisotopic (exact) mass is 545 g/mol. The summed E-state index contributed by atoms with van der Waals surface area (Å²) in [5.41, 5.74) is 7.26. The van der Waals surface area contributed by atoms with Crippen LogP contribution in [0.2, 0.25) is 0 Å². The number of hydrogen-bond donors (Lipinski definition) is 1. The van der Waals surface area contributed by atoms with E-state index in [2.05, 4.69) is 49.3 Å². The Morgan fingerprint density at radius 2 is 1.68 bits per heavy atom. The van der Waals surface area contributed by atoms with E-state index in [0.29, 0.717) is 11.3 Å². The highest BCUT2D eigenvalue weighted by atomic mass is 16.5. The molecule has 6 rings (SSSR count). The van der Waals surface area contributed by atoms with Gasteiger partial charge in [0.1, 0.15) is 11.6 Å². The second-order valence-corrected chi connectivity index (χ2v) is 9.75. The Hall–Kier alpha value is -5.11. The van der Waals surface area contributed by atoms with Gasteiger partial charge in [0.15, 0.2) is 10.8 Å². The quantitative estimate of drug-likeness (QED) is 0.196. The number of ether oxygens (including phenoxy) is 2. The number of nitrogens with one attached hydrogen (secondary N) is 1. The summed E-state index contributed by atoms with van der Waals surface area (Å²) in [6, 6.07) is 29.1. The Bertz CT molecular complexity index is 1710. The van der Waals surface area contributed by atoms with E-state index in [1.807, 2.05) is 54.6 Å². The summed E-state index contributed by atoms with van der Waals surface area (Å²) in [6.07, 6.45) is 0.811. The highest BCUT2D eigenvalue weighted by molar-refractivity contribution is 5.94. The number of morpholine rings is 1. The first-order chi connectivity index (χ1) is 20.1. The SMILES string of the molecule is COc1ccc(Cc2ccc3nc(-c4ccc(C(=O)N=[N+]=Nc5ccc(N6CCOCC6)cc5)cc4)[nH]c3c2)cc1. The Kier molecular flexibility index (Phi) is 7.62. The fraction of sp³-hybridized carbons (Fsp3) is 0.188. The number of aromatic nitrogens is 2. The number of amides is 1. The van der Waals surface area contributed by atoms with Gasteiger partial charge in [0, 0.05) is 29.9 Å². The third-order valence-electron chi connectivity index (χ3n) is 7.04. The van der Waals surface area contributed by atoms with Crippen LogP contribution in [0.25, 0.3) is 22.4 Å². The summed E-state index contributed by atoms with van der Waals surface area (Å²) in [5.74, 6) is 1.12. The van der Waals surface area contributed by atoms with Crippen molar-refractivity contribution in [2.45, 2.75) is 6.42 Å². The van der Waals surface area contributed by atoms with Crippen LogP contribution in [0.5, 0.6) is 5.75 Å². The molecule has 1 N–H and O–H groups in total. The first-order valence-corrected chi connectivity index (χ1v) is 13.5. The first-order valence-electron chi connectivity index (χ1n) is 13.5. The third kappa shape index (κ3) is 6.22. The highest BCUT2D eigenvalue weighted by Crippen LogP contribution is 2.24. The van der Waals surface area contributed by atoms with Crippen LogP contribution in [0.4, 0.5) is 11.4 Å². The third-order valence-corrected chi connectivity index (χ3v) is 7.04. The van der Waals surface area contributed by atoms with Gasteiger partial charge in [-0.1, -0.05) is 30.3 Å². The molecule has 2 heterocycles. The molecule has 204 valence electrons. The van der Waals surface area contributed by atoms with Crippen molar-refractivity contribution in [3.8, 4) is 17.1 Å². The van der Waals surface area contributed by atoms with Gasteiger partial charge in [-0.3, -0.25) is 4.79 Å². The van der Waals surface area contributed by atoms with Crippen LogP contribution in [-0.4, -0.2) is 49.3 Å². The normalized spacial score (nSPS) is 13.0. The van der Waals surface area contributed by atoms with Gasteiger partial charge in [-0.2, -0.15) is 0 Å². The number of fused-ring (bicyclic) bond motifs is 1. The lowest BCUT2D eigenvalue weighted by Crippen LogP contribution is -2.36. The van der Waals surface area contributed by atoms with Crippen LogP contribution in [-0.2, 0) is 11.2 Å².